The minimum atomic E-state index is -0.385. The number of nitrogens with one attached hydrogen (secondary N) is 1. The number of rotatable bonds is 6. The highest BCUT2D eigenvalue weighted by molar-refractivity contribution is 6.08. The van der Waals surface area contributed by atoms with Crippen molar-refractivity contribution in [3.63, 3.8) is 0 Å². The zero-order valence-corrected chi connectivity index (χ0v) is 17.5. The van der Waals surface area contributed by atoms with Crippen LogP contribution in [0.15, 0.2) is 59.4 Å². The Balaban J connectivity index is 1.81. The second-order valence-corrected chi connectivity index (χ2v) is 7.81. The van der Waals surface area contributed by atoms with Crippen LogP contribution in [0, 0.1) is 0 Å². The molecule has 0 aliphatic carbocycles. The van der Waals surface area contributed by atoms with Gasteiger partial charge in [-0.15, -0.1) is 0 Å². The van der Waals surface area contributed by atoms with E-state index in [0.717, 1.165) is 16.7 Å². The highest BCUT2D eigenvalue weighted by Crippen LogP contribution is 2.24. The third-order valence-corrected chi connectivity index (χ3v) is 5.88. The molecule has 7 nitrogen and oxygen atoms in total. The van der Waals surface area contributed by atoms with Crippen LogP contribution < -0.4 is 16.7 Å². The molecule has 1 atom stereocenters. The normalized spacial score (nSPS) is 14.7. The standard InChI is InChI=1S/C24H26N4O3/c1-2-19(16-9-4-3-5-10-16)26-23(30)22-17-11-6-7-12-18(17)24(31)28(25)20(22)15-27-14-8-13-21(27)29/h3-7,9-12,19H,2,8,13-15,25H2,1H3,(H,26,30)/t19-/m0/s1. The number of nitrogen functional groups attached to an aromatic ring is 1. The lowest BCUT2D eigenvalue weighted by molar-refractivity contribution is -0.128. The summed E-state index contributed by atoms with van der Waals surface area (Å²) in [5.41, 5.74) is 1.30. The Labute approximate surface area is 180 Å². The molecule has 1 saturated heterocycles. The van der Waals surface area contributed by atoms with E-state index in [9.17, 15) is 14.4 Å². The van der Waals surface area contributed by atoms with Crippen LogP contribution in [0.4, 0.5) is 0 Å². The molecular formula is C24H26N4O3. The number of hydrogen-bond acceptors (Lipinski definition) is 4. The Bertz CT molecular complexity index is 1190. The van der Waals surface area contributed by atoms with E-state index in [1.807, 2.05) is 37.3 Å². The molecule has 2 aromatic carbocycles. The average Bonchev–Trinajstić information content (AvgIpc) is 3.20. The number of carbonyl (C=O) groups excluding carboxylic acids is 2. The summed E-state index contributed by atoms with van der Waals surface area (Å²) in [5.74, 6) is 5.86. The molecule has 2 heterocycles. The molecule has 3 aromatic rings. The third-order valence-electron chi connectivity index (χ3n) is 5.88. The lowest BCUT2D eigenvalue weighted by Gasteiger charge is -2.23. The fourth-order valence-electron chi connectivity index (χ4n) is 4.21. The van der Waals surface area contributed by atoms with Gasteiger partial charge in [0, 0.05) is 23.7 Å². The highest BCUT2D eigenvalue weighted by Gasteiger charge is 2.27. The maximum absolute atomic E-state index is 13.6. The average molecular weight is 418 g/mol. The Morgan fingerprint density at radius 1 is 1.06 bits per heavy atom. The van der Waals surface area contributed by atoms with Gasteiger partial charge in [0.25, 0.3) is 11.5 Å². The Morgan fingerprint density at radius 3 is 2.39 bits per heavy atom. The maximum Gasteiger partial charge on any atom is 0.276 e. The van der Waals surface area contributed by atoms with Gasteiger partial charge in [-0.3, -0.25) is 14.4 Å². The first-order valence-corrected chi connectivity index (χ1v) is 10.6. The number of aromatic nitrogens is 1. The molecule has 4 rings (SSSR count). The molecule has 7 heteroatoms. The Morgan fingerprint density at radius 2 is 1.74 bits per heavy atom. The van der Waals surface area contributed by atoms with Crippen molar-refractivity contribution < 1.29 is 9.59 Å². The fourth-order valence-corrected chi connectivity index (χ4v) is 4.21. The number of amides is 2. The summed E-state index contributed by atoms with van der Waals surface area (Å²) in [6, 6.07) is 16.5. The molecule has 0 bridgehead atoms. The predicted octanol–water partition coefficient (Wildman–Crippen LogP) is 2.72. The Kier molecular flexibility index (Phi) is 5.75. The van der Waals surface area contributed by atoms with Gasteiger partial charge in [0.2, 0.25) is 5.91 Å². The molecule has 2 amide bonds. The fraction of sp³-hybridized carbons (Fsp3) is 0.292. The van der Waals surface area contributed by atoms with Gasteiger partial charge in [-0.1, -0.05) is 55.5 Å². The van der Waals surface area contributed by atoms with Gasteiger partial charge in [-0.25, -0.2) is 4.68 Å². The summed E-state index contributed by atoms with van der Waals surface area (Å²) < 4.78 is 1.02. The summed E-state index contributed by atoms with van der Waals surface area (Å²) in [4.78, 5) is 40.3. The maximum atomic E-state index is 13.6. The largest absolute Gasteiger partial charge is 0.345 e. The zero-order valence-electron chi connectivity index (χ0n) is 17.5. The summed E-state index contributed by atoms with van der Waals surface area (Å²) >= 11 is 0. The van der Waals surface area contributed by atoms with Crippen LogP contribution in [0.1, 0.15) is 53.8 Å². The molecule has 160 valence electrons. The van der Waals surface area contributed by atoms with Gasteiger partial charge in [0.1, 0.15) is 0 Å². The number of carbonyl (C=O) groups is 2. The van der Waals surface area contributed by atoms with Gasteiger partial charge < -0.3 is 16.1 Å². The van der Waals surface area contributed by atoms with Gasteiger partial charge >= 0.3 is 0 Å². The van der Waals surface area contributed by atoms with Crippen molar-refractivity contribution >= 4 is 22.6 Å². The number of hydrogen-bond donors (Lipinski definition) is 2. The van der Waals surface area contributed by atoms with Crippen molar-refractivity contribution in [3.8, 4) is 0 Å². The number of pyridine rings is 1. The quantitative estimate of drug-likeness (QED) is 0.602. The summed E-state index contributed by atoms with van der Waals surface area (Å²) in [7, 11) is 0. The van der Waals surface area contributed by atoms with E-state index in [-0.39, 0.29) is 30.0 Å². The van der Waals surface area contributed by atoms with Crippen molar-refractivity contribution in [2.45, 2.75) is 38.8 Å². The summed E-state index contributed by atoms with van der Waals surface area (Å²) in [6.07, 6.45) is 1.93. The van der Waals surface area contributed by atoms with Crippen LogP contribution in [0.5, 0.6) is 0 Å². The molecule has 31 heavy (non-hydrogen) atoms. The first kappa shape index (κ1) is 20.7. The van der Waals surface area contributed by atoms with Crippen molar-refractivity contribution in [2.24, 2.45) is 0 Å². The lowest BCUT2D eigenvalue weighted by atomic mass is 10.0. The second-order valence-electron chi connectivity index (χ2n) is 7.81. The predicted molar refractivity (Wildman–Crippen MR) is 120 cm³/mol. The van der Waals surface area contributed by atoms with E-state index in [0.29, 0.717) is 41.4 Å². The van der Waals surface area contributed by atoms with Crippen LogP contribution >= 0.6 is 0 Å². The van der Waals surface area contributed by atoms with Crippen molar-refractivity contribution in [1.82, 2.24) is 14.9 Å². The topological polar surface area (TPSA) is 97.4 Å². The monoisotopic (exact) mass is 418 g/mol. The molecule has 1 aliphatic heterocycles. The number of fused-ring (bicyclic) bond motifs is 1. The van der Waals surface area contributed by atoms with Crippen LogP contribution in [-0.4, -0.2) is 27.9 Å². The number of nitrogens with two attached hydrogens (primary N) is 1. The van der Waals surface area contributed by atoms with E-state index in [1.165, 1.54) is 0 Å². The van der Waals surface area contributed by atoms with Gasteiger partial charge in [0.05, 0.1) is 23.8 Å². The minimum absolute atomic E-state index is 0.00249. The van der Waals surface area contributed by atoms with Gasteiger partial charge in [-0.2, -0.15) is 0 Å². The van der Waals surface area contributed by atoms with Crippen LogP contribution in [-0.2, 0) is 11.3 Å². The number of benzene rings is 2. The van der Waals surface area contributed by atoms with E-state index in [4.69, 9.17) is 5.84 Å². The molecular weight excluding hydrogens is 392 g/mol. The van der Waals surface area contributed by atoms with Crippen LogP contribution in [0.3, 0.4) is 0 Å². The van der Waals surface area contributed by atoms with Gasteiger partial charge in [0.15, 0.2) is 0 Å². The molecule has 0 spiro atoms. The van der Waals surface area contributed by atoms with Crippen molar-refractivity contribution in [2.75, 3.05) is 12.4 Å². The first-order chi connectivity index (χ1) is 15.0. The highest BCUT2D eigenvalue weighted by atomic mass is 16.2. The second kappa shape index (κ2) is 8.63. The molecule has 0 radical (unpaired) electrons. The molecule has 3 N–H and O–H groups in total. The Hall–Kier alpha value is -3.61. The van der Waals surface area contributed by atoms with E-state index in [1.54, 1.807) is 29.2 Å². The van der Waals surface area contributed by atoms with Crippen molar-refractivity contribution in [3.05, 3.63) is 81.8 Å². The number of nitrogens with zero attached hydrogens (tertiary/aromatic N) is 2. The molecule has 1 aliphatic rings. The molecule has 0 saturated carbocycles. The third kappa shape index (κ3) is 3.91. The summed E-state index contributed by atoms with van der Waals surface area (Å²) in [6.45, 7) is 2.71. The van der Waals surface area contributed by atoms with Crippen LogP contribution in [0.25, 0.3) is 10.8 Å². The van der Waals surface area contributed by atoms with E-state index < -0.39 is 0 Å². The smallest absolute Gasteiger partial charge is 0.276 e. The van der Waals surface area contributed by atoms with Gasteiger partial charge in [-0.05, 0) is 24.5 Å². The van der Waals surface area contributed by atoms with E-state index in [2.05, 4.69) is 5.32 Å². The first-order valence-electron chi connectivity index (χ1n) is 10.6. The zero-order chi connectivity index (χ0) is 22.0. The molecule has 1 aromatic heterocycles. The SMILES string of the molecule is CC[C@H](NC(=O)c1c(CN2CCCC2=O)n(N)c(=O)c2ccccc12)c1ccccc1. The number of likely N-dealkylation sites (tertiary alicyclic amines) is 1. The van der Waals surface area contributed by atoms with Crippen molar-refractivity contribution in [1.29, 1.82) is 0 Å². The van der Waals surface area contributed by atoms with E-state index >= 15 is 0 Å². The lowest BCUT2D eigenvalue weighted by Crippen LogP contribution is -2.39. The summed E-state index contributed by atoms with van der Waals surface area (Å²) in [5, 5.41) is 4.01. The minimum Gasteiger partial charge on any atom is -0.345 e. The molecule has 0 unspecified atom stereocenters. The van der Waals surface area contributed by atoms with Crippen LogP contribution in [0.2, 0.25) is 0 Å². The molecule has 1 fully saturated rings.